The molecule has 0 unspecified atom stereocenters. The van der Waals surface area contributed by atoms with Gasteiger partial charge in [-0.05, 0) is 54.4 Å². The van der Waals surface area contributed by atoms with E-state index in [1.165, 1.54) is 31.3 Å². The Hall–Kier alpha value is -2.87. The minimum atomic E-state index is -3.38. The molecule has 0 fully saturated rings. The topological polar surface area (TPSA) is 90.0 Å². The number of nitrogens with zero attached hydrogens (tertiary/aromatic N) is 1. The lowest BCUT2D eigenvalue weighted by Gasteiger charge is -2.16. The van der Waals surface area contributed by atoms with Crippen LogP contribution in [0.25, 0.3) is 0 Å². The predicted octanol–water partition coefficient (Wildman–Crippen LogP) is 3.16. The molecule has 7 nitrogen and oxygen atoms in total. The lowest BCUT2D eigenvalue weighted by Crippen LogP contribution is -2.24. The summed E-state index contributed by atoms with van der Waals surface area (Å²) < 4.78 is 34.8. The molecular formula is C21H25NO6S. The quantitative estimate of drug-likeness (QED) is 0.458. The molecule has 0 bridgehead atoms. The average Bonchev–Trinajstić information content (AvgIpc) is 2.69. The van der Waals surface area contributed by atoms with Crippen LogP contribution in [-0.2, 0) is 14.8 Å². The lowest BCUT2D eigenvalue weighted by molar-refractivity contribution is 0.0474. The van der Waals surface area contributed by atoms with Gasteiger partial charge in [0.05, 0.1) is 24.1 Å². The van der Waals surface area contributed by atoms with Crippen LogP contribution in [0.3, 0.4) is 0 Å². The molecule has 0 saturated carbocycles. The van der Waals surface area contributed by atoms with E-state index in [1.54, 1.807) is 24.3 Å². The van der Waals surface area contributed by atoms with Gasteiger partial charge in [-0.2, -0.15) is 0 Å². The molecule has 0 atom stereocenters. The van der Waals surface area contributed by atoms with Crippen LogP contribution in [0.2, 0.25) is 0 Å². The molecule has 0 amide bonds. The van der Waals surface area contributed by atoms with E-state index < -0.39 is 22.6 Å². The van der Waals surface area contributed by atoms with Crippen LogP contribution in [0.1, 0.15) is 34.6 Å². The molecule has 0 aromatic heterocycles. The van der Waals surface area contributed by atoms with Gasteiger partial charge in [-0.1, -0.05) is 13.8 Å². The van der Waals surface area contributed by atoms with Crippen molar-refractivity contribution in [2.24, 2.45) is 5.92 Å². The van der Waals surface area contributed by atoms with E-state index in [0.717, 1.165) is 10.6 Å². The Bertz CT molecular complexity index is 950. The van der Waals surface area contributed by atoms with Crippen molar-refractivity contribution in [3.63, 3.8) is 0 Å². The summed E-state index contributed by atoms with van der Waals surface area (Å²) in [5, 5.41) is 0. The number of hydrogen-bond donors (Lipinski definition) is 0. The number of ketones is 1. The van der Waals surface area contributed by atoms with Crippen molar-refractivity contribution in [3.05, 3.63) is 59.7 Å². The third-order valence-electron chi connectivity index (χ3n) is 4.06. The number of sulfonamides is 1. The zero-order valence-electron chi connectivity index (χ0n) is 16.9. The van der Waals surface area contributed by atoms with Crippen LogP contribution in [0.5, 0.6) is 5.75 Å². The number of hydrogen-bond acceptors (Lipinski definition) is 6. The first-order chi connectivity index (χ1) is 13.6. The number of carbonyl (C=O) groups is 2. The second kappa shape index (κ2) is 9.56. The Kier molecular flexibility index (Phi) is 7.39. The van der Waals surface area contributed by atoms with Gasteiger partial charge < -0.3 is 9.47 Å². The Labute approximate surface area is 171 Å². The SMILES string of the molecule is CC(C)COc1ccc(C(=O)OCC(=O)c2ccc(N(C)S(C)(=O)=O)cc2)cc1. The third-order valence-corrected chi connectivity index (χ3v) is 5.26. The number of rotatable bonds is 9. The van der Waals surface area contributed by atoms with Crippen molar-refractivity contribution >= 4 is 27.5 Å². The number of benzene rings is 2. The maximum Gasteiger partial charge on any atom is 0.338 e. The Balaban J connectivity index is 1.92. The second-order valence-corrected chi connectivity index (χ2v) is 9.02. The molecule has 0 aliphatic heterocycles. The summed E-state index contributed by atoms with van der Waals surface area (Å²) in [6.07, 6.45) is 1.09. The third kappa shape index (κ3) is 6.60. The fourth-order valence-electron chi connectivity index (χ4n) is 2.30. The van der Waals surface area contributed by atoms with Crippen molar-refractivity contribution < 1.29 is 27.5 Å². The Morgan fingerprint density at radius 1 is 0.966 bits per heavy atom. The van der Waals surface area contributed by atoms with Crippen LogP contribution < -0.4 is 9.04 Å². The Morgan fingerprint density at radius 2 is 1.52 bits per heavy atom. The molecule has 0 spiro atoms. The number of Topliss-reactive ketones (excluding diaryl/α,β-unsaturated/α-hetero) is 1. The molecule has 8 heteroatoms. The molecule has 2 rings (SSSR count). The molecule has 2 aromatic carbocycles. The van der Waals surface area contributed by atoms with Gasteiger partial charge in [0, 0.05) is 12.6 Å². The summed E-state index contributed by atoms with van der Waals surface area (Å²) in [7, 11) is -1.96. The molecule has 0 N–H and O–H groups in total. The number of carbonyl (C=O) groups excluding carboxylic acids is 2. The average molecular weight is 419 g/mol. The van der Waals surface area contributed by atoms with Crippen molar-refractivity contribution in [2.45, 2.75) is 13.8 Å². The van der Waals surface area contributed by atoms with E-state index in [2.05, 4.69) is 0 Å². The highest BCUT2D eigenvalue weighted by molar-refractivity contribution is 7.92. The van der Waals surface area contributed by atoms with Gasteiger partial charge in [0.25, 0.3) is 0 Å². The summed E-state index contributed by atoms with van der Waals surface area (Å²) in [6.45, 7) is 4.25. The predicted molar refractivity (Wildman–Crippen MR) is 111 cm³/mol. The van der Waals surface area contributed by atoms with Crippen LogP contribution in [0, 0.1) is 5.92 Å². The van der Waals surface area contributed by atoms with Crippen molar-refractivity contribution in [2.75, 3.05) is 30.8 Å². The van der Waals surface area contributed by atoms with Gasteiger partial charge in [0.15, 0.2) is 12.4 Å². The highest BCUT2D eigenvalue weighted by Gasteiger charge is 2.15. The van der Waals surface area contributed by atoms with Gasteiger partial charge in [0.1, 0.15) is 5.75 Å². The lowest BCUT2D eigenvalue weighted by atomic mass is 10.1. The fraction of sp³-hybridized carbons (Fsp3) is 0.333. The van der Waals surface area contributed by atoms with Gasteiger partial charge in [-0.3, -0.25) is 9.10 Å². The summed E-state index contributed by atoms with van der Waals surface area (Å²) in [4.78, 5) is 24.4. The number of ether oxygens (including phenoxy) is 2. The van der Waals surface area contributed by atoms with E-state index in [-0.39, 0.29) is 5.78 Å². The zero-order valence-corrected chi connectivity index (χ0v) is 17.7. The van der Waals surface area contributed by atoms with Gasteiger partial charge in [0.2, 0.25) is 10.0 Å². The molecule has 156 valence electrons. The van der Waals surface area contributed by atoms with Gasteiger partial charge >= 0.3 is 5.97 Å². The Morgan fingerprint density at radius 3 is 2.03 bits per heavy atom. The molecule has 2 aromatic rings. The van der Waals surface area contributed by atoms with Crippen LogP contribution in [0.15, 0.2) is 48.5 Å². The minimum absolute atomic E-state index is 0.319. The van der Waals surface area contributed by atoms with E-state index in [4.69, 9.17) is 9.47 Å². The summed E-state index contributed by atoms with van der Waals surface area (Å²) >= 11 is 0. The monoisotopic (exact) mass is 419 g/mol. The number of anilines is 1. The van der Waals surface area contributed by atoms with E-state index in [1.807, 2.05) is 13.8 Å². The maximum absolute atomic E-state index is 12.2. The second-order valence-electron chi connectivity index (χ2n) is 7.01. The highest BCUT2D eigenvalue weighted by atomic mass is 32.2. The summed E-state index contributed by atoms with van der Waals surface area (Å²) in [5.74, 6) is 0.0583. The fourth-order valence-corrected chi connectivity index (χ4v) is 2.80. The van der Waals surface area contributed by atoms with Crippen LogP contribution in [-0.4, -0.2) is 46.7 Å². The van der Waals surface area contributed by atoms with Crippen molar-refractivity contribution in [3.8, 4) is 5.75 Å². The van der Waals surface area contributed by atoms with E-state index >= 15 is 0 Å². The molecule has 0 radical (unpaired) electrons. The van der Waals surface area contributed by atoms with Crippen molar-refractivity contribution in [1.82, 2.24) is 0 Å². The van der Waals surface area contributed by atoms with E-state index in [9.17, 15) is 18.0 Å². The molecule has 0 heterocycles. The molecule has 0 saturated heterocycles. The first-order valence-corrected chi connectivity index (χ1v) is 10.9. The van der Waals surface area contributed by atoms with Gasteiger partial charge in [-0.15, -0.1) is 0 Å². The zero-order chi connectivity index (χ0) is 21.6. The summed E-state index contributed by atoms with van der Waals surface area (Å²) in [6, 6.07) is 12.5. The largest absolute Gasteiger partial charge is 0.493 e. The first kappa shape index (κ1) is 22.4. The van der Waals surface area contributed by atoms with Crippen LogP contribution >= 0.6 is 0 Å². The molecule has 0 aliphatic rings. The van der Waals surface area contributed by atoms with Gasteiger partial charge in [-0.25, -0.2) is 13.2 Å². The van der Waals surface area contributed by atoms with Crippen molar-refractivity contribution in [1.29, 1.82) is 0 Å². The maximum atomic E-state index is 12.2. The van der Waals surface area contributed by atoms with E-state index in [0.29, 0.717) is 35.1 Å². The molecular weight excluding hydrogens is 394 g/mol. The number of esters is 1. The molecule has 29 heavy (non-hydrogen) atoms. The normalized spacial score (nSPS) is 11.2. The van der Waals surface area contributed by atoms with Crippen LogP contribution in [0.4, 0.5) is 5.69 Å². The smallest absolute Gasteiger partial charge is 0.338 e. The molecule has 0 aliphatic carbocycles. The standard InChI is InChI=1S/C21H25NO6S/c1-15(2)13-27-19-11-7-17(8-12-19)21(24)28-14-20(23)16-5-9-18(10-6-16)22(3)29(4,25)26/h5-12,15H,13-14H2,1-4H3. The summed E-state index contributed by atoms with van der Waals surface area (Å²) in [5.41, 5.74) is 1.07. The minimum Gasteiger partial charge on any atom is -0.493 e. The first-order valence-electron chi connectivity index (χ1n) is 9.05. The highest BCUT2D eigenvalue weighted by Crippen LogP contribution is 2.17.